The van der Waals surface area contributed by atoms with Crippen LogP contribution in [0.5, 0.6) is 34.5 Å². The molecule has 0 N–H and O–H groups in total. The van der Waals surface area contributed by atoms with Crippen LogP contribution in [0.25, 0.3) is 12.2 Å². The zero-order valence-corrected chi connectivity index (χ0v) is 26.8. The molecule has 5 rings (SSSR count). The minimum atomic E-state index is -0.302. The number of aliphatic imine (C=N–C) groups is 2. The minimum absolute atomic E-state index is 0.302. The van der Waals surface area contributed by atoms with Crippen molar-refractivity contribution in [2.24, 2.45) is 9.98 Å². The van der Waals surface area contributed by atoms with Crippen LogP contribution in [0.4, 0.5) is 0 Å². The van der Waals surface area contributed by atoms with Crippen LogP contribution in [-0.2, 0) is 9.59 Å². The van der Waals surface area contributed by atoms with Crippen molar-refractivity contribution in [2.45, 2.75) is 0 Å². The molecular weight excluding hydrogens is 608 g/mol. The van der Waals surface area contributed by atoms with Gasteiger partial charge < -0.3 is 38.2 Å². The molecule has 0 atom stereocenters. The van der Waals surface area contributed by atoms with Gasteiger partial charge in [-0.2, -0.15) is 9.98 Å². The number of methoxy groups -OCH3 is 6. The predicted octanol–water partition coefficient (Wildman–Crippen LogP) is 4.00. The van der Waals surface area contributed by atoms with E-state index < -0.39 is 0 Å². The van der Waals surface area contributed by atoms with E-state index in [1.165, 1.54) is 37.7 Å². The molecule has 12 nitrogen and oxygen atoms in total. The summed E-state index contributed by atoms with van der Waals surface area (Å²) in [4.78, 5) is 39.3. The first-order valence-corrected chi connectivity index (χ1v) is 15.1. The average Bonchev–Trinajstić information content (AvgIpc) is 3.60. The molecule has 1 saturated heterocycles. The molecule has 0 radical (unpaired) electrons. The number of nitrogens with zero attached hydrogens (tertiary/aromatic N) is 4. The molecule has 3 heterocycles. The van der Waals surface area contributed by atoms with Crippen LogP contribution in [0.15, 0.2) is 44.1 Å². The van der Waals surface area contributed by atoms with E-state index in [2.05, 4.69) is 19.8 Å². The second-order valence-corrected chi connectivity index (χ2v) is 11.5. The maximum Gasteiger partial charge on any atom is 0.286 e. The molecule has 44 heavy (non-hydrogen) atoms. The standard InChI is InChI=1S/C30H32N4O8S2/c1-37-19-11-17(12-20(38-2)25(19)41-5)15-23-27(35)31-29(43-23)33-7-9-34(10-8-33)30-32-28(36)24(44-30)16-18-13-21(39-3)26(42-6)22(14-18)40-4/h11-16H,7-10H2,1-6H3/b23-15+,24-16+. The lowest BCUT2D eigenvalue weighted by atomic mass is 10.1. The van der Waals surface area contributed by atoms with Gasteiger partial charge in [-0.3, -0.25) is 9.59 Å². The van der Waals surface area contributed by atoms with Crippen molar-refractivity contribution in [1.82, 2.24) is 9.80 Å². The number of amidine groups is 2. The molecule has 2 amide bonds. The Hall–Kier alpha value is -4.30. The van der Waals surface area contributed by atoms with E-state index in [-0.39, 0.29) is 11.8 Å². The Labute approximate surface area is 263 Å². The summed E-state index contributed by atoms with van der Waals surface area (Å²) in [7, 11) is 9.26. The Morgan fingerprint density at radius 1 is 0.568 bits per heavy atom. The molecule has 0 spiro atoms. The first-order chi connectivity index (χ1) is 21.3. The van der Waals surface area contributed by atoms with Gasteiger partial charge in [-0.25, -0.2) is 0 Å². The molecular formula is C30H32N4O8S2. The number of thioether (sulfide) groups is 2. The van der Waals surface area contributed by atoms with Crippen molar-refractivity contribution < 1.29 is 38.0 Å². The van der Waals surface area contributed by atoms with E-state index >= 15 is 0 Å². The third-order valence-corrected chi connectivity index (χ3v) is 9.10. The van der Waals surface area contributed by atoms with Crippen LogP contribution < -0.4 is 28.4 Å². The smallest absolute Gasteiger partial charge is 0.286 e. The van der Waals surface area contributed by atoms with Gasteiger partial charge in [0.2, 0.25) is 11.5 Å². The number of carbonyl (C=O) groups excluding carboxylic acids is 2. The van der Waals surface area contributed by atoms with E-state index in [1.807, 2.05) is 0 Å². The topological polar surface area (TPSA) is 121 Å². The summed E-state index contributed by atoms with van der Waals surface area (Å²) < 4.78 is 32.5. The first-order valence-electron chi connectivity index (χ1n) is 13.5. The second-order valence-electron chi connectivity index (χ2n) is 9.51. The molecule has 232 valence electrons. The van der Waals surface area contributed by atoms with Crippen LogP contribution in [0.2, 0.25) is 0 Å². The third-order valence-electron chi connectivity index (χ3n) is 7.01. The van der Waals surface area contributed by atoms with Crippen molar-refractivity contribution in [1.29, 1.82) is 0 Å². The number of ether oxygens (including phenoxy) is 6. The highest BCUT2D eigenvalue weighted by Crippen LogP contribution is 2.41. The minimum Gasteiger partial charge on any atom is -0.493 e. The van der Waals surface area contributed by atoms with Gasteiger partial charge in [0.1, 0.15) is 0 Å². The maximum atomic E-state index is 12.8. The summed E-state index contributed by atoms with van der Waals surface area (Å²) in [5, 5.41) is 1.29. The summed E-state index contributed by atoms with van der Waals surface area (Å²) in [5.74, 6) is 2.35. The van der Waals surface area contributed by atoms with Crippen LogP contribution in [0.1, 0.15) is 11.1 Å². The van der Waals surface area contributed by atoms with Gasteiger partial charge >= 0.3 is 0 Å². The molecule has 2 aromatic carbocycles. The summed E-state index contributed by atoms with van der Waals surface area (Å²) in [6, 6.07) is 7.13. The molecule has 0 aromatic heterocycles. The fourth-order valence-electron chi connectivity index (χ4n) is 4.83. The molecule has 14 heteroatoms. The van der Waals surface area contributed by atoms with E-state index in [4.69, 9.17) is 28.4 Å². The van der Waals surface area contributed by atoms with Crippen molar-refractivity contribution in [2.75, 3.05) is 68.8 Å². The van der Waals surface area contributed by atoms with Gasteiger partial charge in [0.05, 0.1) is 52.5 Å². The summed E-state index contributed by atoms with van der Waals surface area (Å²) in [6.45, 7) is 2.49. The molecule has 1 fully saturated rings. The molecule has 2 aromatic rings. The first kappa shape index (κ1) is 31.1. The molecule has 3 aliphatic rings. The Morgan fingerprint density at radius 3 is 1.16 bits per heavy atom. The third kappa shape index (κ3) is 6.31. The molecule has 0 saturated carbocycles. The fraction of sp³-hybridized carbons (Fsp3) is 0.333. The Kier molecular flexibility index (Phi) is 9.59. The van der Waals surface area contributed by atoms with Crippen molar-refractivity contribution in [3.63, 3.8) is 0 Å². The fourth-order valence-corrected chi connectivity index (χ4v) is 6.76. The summed E-state index contributed by atoms with van der Waals surface area (Å²) in [6.07, 6.45) is 3.53. The van der Waals surface area contributed by atoms with Crippen LogP contribution >= 0.6 is 23.5 Å². The quantitative estimate of drug-likeness (QED) is 0.388. The number of rotatable bonds is 8. The lowest BCUT2D eigenvalue weighted by Gasteiger charge is -2.35. The van der Waals surface area contributed by atoms with Gasteiger partial charge in [-0.15, -0.1) is 0 Å². The highest BCUT2D eigenvalue weighted by molar-refractivity contribution is 8.18. The number of benzene rings is 2. The molecule has 3 aliphatic heterocycles. The van der Waals surface area contributed by atoms with Gasteiger partial charge in [0.15, 0.2) is 33.3 Å². The van der Waals surface area contributed by atoms with Crippen LogP contribution in [-0.4, -0.2) is 101 Å². The molecule has 0 aliphatic carbocycles. The highest BCUT2D eigenvalue weighted by Gasteiger charge is 2.32. The highest BCUT2D eigenvalue weighted by atomic mass is 32.2. The zero-order chi connectivity index (χ0) is 31.4. The molecule has 0 bridgehead atoms. The SMILES string of the molecule is COc1cc(/C=C2/SC(N3CCN(C4=NC(=O)/C(=C\c5cc(OC)c(OC)c(OC)c5)S4)CC3)=NC2=O)cc(OC)c1OC. The molecule has 0 unspecified atom stereocenters. The van der Waals surface area contributed by atoms with Crippen molar-refractivity contribution in [3.05, 3.63) is 45.2 Å². The number of carbonyl (C=O) groups is 2. The zero-order valence-electron chi connectivity index (χ0n) is 25.2. The monoisotopic (exact) mass is 640 g/mol. The number of hydrogen-bond donors (Lipinski definition) is 0. The maximum absolute atomic E-state index is 12.8. The second kappa shape index (κ2) is 13.6. The van der Waals surface area contributed by atoms with E-state index in [1.54, 1.807) is 64.9 Å². The van der Waals surface area contributed by atoms with E-state index in [0.717, 1.165) is 11.1 Å². The van der Waals surface area contributed by atoms with Crippen molar-refractivity contribution >= 4 is 57.8 Å². The Morgan fingerprint density at radius 2 is 0.886 bits per heavy atom. The normalized spacial score (nSPS) is 18.5. The predicted molar refractivity (Wildman–Crippen MR) is 171 cm³/mol. The van der Waals surface area contributed by atoms with Gasteiger partial charge in [-0.05, 0) is 71.1 Å². The number of amides is 2. The lowest BCUT2D eigenvalue weighted by Crippen LogP contribution is -2.49. The summed E-state index contributed by atoms with van der Waals surface area (Å²) >= 11 is 2.66. The Balaban J connectivity index is 1.22. The van der Waals surface area contributed by atoms with Gasteiger partial charge in [0, 0.05) is 26.2 Å². The van der Waals surface area contributed by atoms with Crippen LogP contribution in [0.3, 0.4) is 0 Å². The Bertz CT molecular complexity index is 1430. The summed E-state index contributed by atoms with van der Waals surface area (Å²) in [5.41, 5.74) is 1.46. The van der Waals surface area contributed by atoms with E-state index in [9.17, 15) is 9.59 Å². The number of piperazine rings is 1. The van der Waals surface area contributed by atoms with Crippen LogP contribution in [0, 0.1) is 0 Å². The largest absolute Gasteiger partial charge is 0.493 e. The van der Waals surface area contributed by atoms with Gasteiger partial charge in [-0.1, -0.05) is 0 Å². The average molecular weight is 641 g/mol. The number of hydrogen-bond acceptors (Lipinski definition) is 12. The van der Waals surface area contributed by atoms with E-state index in [0.29, 0.717) is 80.8 Å². The van der Waals surface area contributed by atoms with Gasteiger partial charge in [0.25, 0.3) is 11.8 Å². The van der Waals surface area contributed by atoms with Crippen molar-refractivity contribution in [3.8, 4) is 34.5 Å². The lowest BCUT2D eigenvalue weighted by molar-refractivity contribution is -0.114.